The number of carbonyl (C=O) groups excluding carboxylic acids is 1. The summed E-state index contributed by atoms with van der Waals surface area (Å²) in [6.45, 7) is 5.96. The SMILES string of the molecule is C[C@H](CC(=O)N(C)c1ccccc1)NC[C@H]1CN2CCC[C@@H]2CO1. The molecule has 2 heterocycles. The predicted octanol–water partition coefficient (Wildman–Crippen LogP) is 1.88. The Kier molecular flexibility index (Phi) is 5.87. The lowest BCUT2D eigenvalue weighted by Gasteiger charge is -2.35. The van der Waals surface area contributed by atoms with Gasteiger partial charge in [-0.15, -0.1) is 0 Å². The molecule has 5 nitrogen and oxygen atoms in total. The summed E-state index contributed by atoms with van der Waals surface area (Å²) in [6, 6.07) is 10.6. The first-order valence-electron chi connectivity index (χ1n) is 9.04. The van der Waals surface area contributed by atoms with Crippen LogP contribution in [0.15, 0.2) is 30.3 Å². The number of nitrogens with zero attached hydrogens (tertiary/aromatic N) is 2. The molecule has 2 fully saturated rings. The average Bonchev–Trinajstić information content (AvgIpc) is 3.07. The fourth-order valence-electron chi connectivity index (χ4n) is 3.61. The molecular weight excluding hydrogens is 302 g/mol. The summed E-state index contributed by atoms with van der Waals surface area (Å²) < 4.78 is 5.96. The molecule has 2 aliphatic heterocycles. The molecule has 3 atom stereocenters. The molecule has 5 heteroatoms. The molecule has 1 aromatic rings. The van der Waals surface area contributed by atoms with E-state index in [4.69, 9.17) is 4.74 Å². The molecule has 1 aromatic carbocycles. The number of nitrogens with one attached hydrogen (secondary N) is 1. The van der Waals surface area contributed by atoms with Crippen molar-refractivity contribution in [2.75, 3.05) is 38.2 Å². The van der Waals surface area contributed by atoms with Gasteiger partial charge >= 0.3 is 0 Å². The summed E-state index contributed by atoms with van der Waals surface area (Å²) in [6.07, 6.45) is 3.30. The first-order valence-corrected chi connectivity index (χ1v) is 9.04. The van der Waals surface area contributed by atoms with Gasteiger partial charge in [0.15, 0.2) is 0 Å². The number of morpholine rings is 1. The monoisotopic (exact) mass is 331 g/mol. The quantitative estimate of drug-likeness (QED) is 0.864. The van der Waals surface area contributed by atoms with Gasteiger partial charge in [0.05, 0.1) is 12.7 Å². The third-order valence-electron chi connectivity index (χ3n) is 5.15. The Balaban J connectivity index is 1.40. The zero-order valence-electron chi connectivity index (χ0n) is 14.8. The zero-order valence-corrected chi connectivity index (χ0v) is 14.8. The van der Waals surface area contributed by atoms with Crippen LogP contribution in [0.5, 0.6) is 0 Å². The minimum atomic E-state index is 0.130. The minimum absolute atomic E-state index is 0.130. The fourth-order valence-corrected chi connectivity index (χ4v) is 3.61. The van der Waals surface area contributed by atoms with Crippen LogP contribution in [0.3, 0.4) is 0 Å². The zero-order chi connectivity index (χ0) is 16.9. The van der Waals surface area contributed by atoms with Crippen molar-refractivity contribution in [3.63, 3.8) is 0 Å². The van der Waals surface area contributed by atoms with Crippen LogP contribution in [0, 0.1) is 0 Å². The van der Waals surface area contributed by atoms with Crippen LogP contribution in [0.4, 0.5) is 5.69 Å². The smallest absolute Gasteiger partial charge is 0.228 e. The standard InChI is InChI=1S/C19H29N3O2/c1-15(11-19(23)21(2)16-7-4-3-5-8-16)20-12-18-13-22-10-6-9-17(22)14-24-18/h3-5,7-8,15,17-18,20H,6,9-14H2,1-2H3/t15-,17-,18+/m1/s1. The van der Waals surface area contributed by atoms with Gasteiger partial charge < -0.3 is 15.0 Å². The van der Waals surface area contributed by atoms with Crippen molar-refractivity contribution in [2.45, 2.75) is 44.4 Å². The Morgan fingerprint density at radius 3 is 3.00 bits per heavy atom. The number of hydrogen-bond donors (Lipinski definition) is 1. The number of fused-ring (bicyclic) bond motifs is 1. The number of rotatable bonds is 6. The molecular formula is C19H29N3O2. The van der Waals surface area contributed by atoms with E-state index in [0.717, 1.165) is 25.4 Å². The fraction of sp³-hybridized carbons (Fsp3) is 0.632. The number of para-hydroxylation sites is 1. The van der Waals surface area contributed by atoms with Gasteiger partial charge in [-0.2, -0.15) is 0 Å². The predicted molar refractivity (Wildman–Crippen MR) is 96.3 cm³/mol. The van der Waals surface area contributed by atoms with E-state index in [9.17, 15) is 4.79 Å². The molecule has 24 heavy (non-hydrogen) atoms. The van der Waals surface area contributed by atoms with Gasteiger partial charge in [-0.05, 0) is 38.4 Å². The van der Waals surface area contributed by atoms with Crippen molar-refractivity contribution in [2.24, 2.45) is 0 Å². The summed E-state index contributed by atoms with van der Waals surface area (Å²) in [5.41, 5.74) is 0.936. The van der Waals surface area contributed by atoms with E-state index in [0.29, 0.717) is 12.5 Å². The molecule has 1 N–H and O–H groups in total. The molecule has 1 amide bonds. The highest BCUT2D eigenvalue weighted by molar-refractivity contribution is 5.93. The molecule has 0 bridgehead atoms. The van der Waals surface area contributed by atoms with E-state index in [1.807, 2.05) is 37.4 Å². The molecule has 2 saturated heterocycles. The van der Waals surface area contributed by atoms with Crippen molar-refractivity contribution in [3.05, 3.63) is 30.3 Å². The van der Waals surface area contributed by atoms with Crippen molar-refractivity contribution >= 4 is 11.6 Å². The molecule has 3 rings (SSSR count). The van der Waals surface area contributed by atoms with E-state index in [-0.39, 0.29) is 18.1 Å². The van der Waals surface area contributed by atoms with E-state index in [1.165, 1.54) is 19.4 Å². The van der Waals surface area contributed by atoms with Gasteiger partial charge in [-0.3, -0.25) is 9.69 Å². The van der Waals surface area contributed by atoms with E-state index < -0.39 is 0 Å². The lowest BCUT2D eigenvalue weighted by molar-refractivity contribution is -0.118. The first kappa shape index (κ1) is 17.4. The van der Waals surface area contributed by atoms with Gasteiger partial charge in [0.1, 0.15) is 0 Å². The van der Waals surface area contributed by atoms with Crippen LogP contribution >= 0.6 is 0 Å². The number of amides is 1. The maximum Gasteiger partial charge on any atom is 0.228 e. The van der Waals surface area contributed by atoms with Crippen LogP contribution in [0.25, 0.3) is 0 Å². The Morgan fingerprint density at radius 2 is 2.21 bits per heavy atom. The van der Waals surface area contributed by atoms with Crippen LogP contribution in [-0.4, -0.2) is 62.3 Å². The Labute approximate surface area is 145 Å². The second-order valence-electron chi connectivity index (χ2n) is 7.05. The lowest BCUT2D eigenvalue weighted by atomic mass is 10.1. The molecule has 0 saturated carbocycles. The largest absolute Gasteiger partial charge is 0.374 e. The summed E-state index contributed by atoms with van der Waals surface area (Å²) in [5.74, 6) is 0.130. The van der Waals surface area contributed by atoms with Gasteiger partial charge in [0, 0.05) is 44.3 Å². The number of carbonyl (C=O) groups is 1. The Morgan fingerprint density at radius 1 is 1.42 bits per heavy atom. The molecule has 132 valence electrons. The average molecular weight is 331 g/mol. The number of anilines is 1. The number of benzene rings is 1. The van der Waals surface area contributed by atoms with Gasteiger partial charge in [0.25, 0.3) is 0 Å². The first-order chi connectivity index (χ1) is 11.6. The highest BCUT2D eigenvalue weighted by Crippen LogP contribution is 2.22. The summed E-state index contributed by atoms with van der Waals surface area (Å²) in [4.78, 5) is 16.7. The van der Waals surface area contributed by atoms with E-state index in [2.05, 4.69) is 17.1 Å². The molecule has 0 unspecified atom stereocenters. The topological polar surface area (TPSA) is 44.8 Å². The summed E-state index contributed by atoms with van der Waals surface area (Å²) in [5, 5.41) is 3.47. The third kappa shape index (κ3) is 4.35. The van der Waals surface area contributed by atoms with Crippen LogP contribution in [0.1, 0.15) is 26.2 Å². The highest BCUT2D eigenvalue weighted by Gasteiger charge is 2.32. The van der Waals surface area contributed by atoms with Gasteiger partial charge in [0.2, 0.25) is 5.91 Å². The molecule has 0 spiro atoms. The third-order valence-corrected chi connectivity index (χ3v) is 5.15. The second-order valence-corrected chi connectivity index (χ2v) is 7.05. The molecule has 0 radical (unpaired) electrons. The van der Waals surface area contributed by atoms with Crippen LogP contribution in [0.2, 0.25) is 0 Å². The molecule has 2 aliphatic rings. The van der Waals surface area contributed by atoms with Crippen LogP contribution < -0.4 is 10.2 Å². The minimum Gasteiger partial charge on any atom is -0.374 e. The second kappa shape index (κ2) is 8.10. The van der Waals surface area contributed by atoms with Crippen molar-refractivity contribution in [1.29, 1.82) is 0 Å². The normalized spacial score (nSPS) is 25.2. The number of hydrogen-bond acceptors (Lipinski definition) is 4. The van der Waals surface area contributed by atoms with Gasteiger partial charge in [-0.1, -0.05) is 18.2 Å². The Bertz CT molecular complexity index is 537. The van der Waals surface area contributed by atoms with E-state index >= 15 is 0 Å². The van der Waals surface area contributed by atoms with Crippen LogP contribution in [-0.2, 0) is 9.53 Å². The molecule has 0 aromatic heterocycles. The molecule has 0 aliphatic carbocycles. The van der Waals surface area contributed by atoms with E-state index in [1.54, 1.807) is 4.90 Å². The summed E-state index contributed by atoms with van der Waals surface area (Å²) >= 11 is 0. The maximum atomic E-state index is 12.4. The van der Waals surface area contributed by atoms with Crippen molar-refractivity contribution < 1.29 is 9.53 Å². The number of ether oxygens (including phenoxy) is 1. The highest BCUT2D eigenvalue weighted by atomic mass is 16.5. The summed E-state index contributed by atoms with van der Waals surface area (Å²) in [7, 11) is 1.84. The van der Waals surface area contributed by atoms with Gasteiger partial charge in [-0.25, -0.2) is 0 Å². The maximum absolute atomic E-state index is 12.4. The van der Waals surface area contributed by atoms with Crippen molar-refractivity contribution in [3.8, 4) is 0 Å². The van der Waals surface area contributed by atoms with Crippen molar-refractivity contribution in [1.82, 2.24) is 10.2 Å². The Hall–Kier alpha value is -1.43. The lowest BCUT2D eigenvalue weighted by Crippen LogP contribution is -2.50.